The van der Waals surface area contributed by atoms with Gasteiger partial charge in [-0.15, -0.1) is 0 Å². The van der Waals surface area contributed by atoms with Gasteiger partial charge in [0.25, 0.3) is 0 Å². The highest BCUT2D eigenvalue weighted by Gasteiger charge is 2.40. The van der Waals surface area contributed by atoms with E-state index >= 15 is 0 Å². The quantitative estimate of drug-likeness (QED) is 0.825. The van der Waals surface area contributed by atoms with Crippen molar-refractivity contribution in [1.82, 2.24) is 4.90 Å². The largest absolute Gasteiger partial charge is 0.493 e. The maximum absolute atomic E-state index is 5.84. The SMILES string of the molecule is c1cc2c(cc1CN1CCCC3(C1)OCCO3)CCO2. The molecule has 0 N–H and O–H groups in total. The highest BCUT2D eigenvalue weighted by Crippen LogP contribution is 2.31. The number of nitrogens with zero attached hydrogens (tertiary/aromatic N) is 1. The standard InChI is InChI=1S/C16H21NO3/c1-5-16(19-8-9-20-16)12-17(6-1)11-13-2-3-15-14(10-13)4-7-18-15/h2-3,10H,1,4-9,11-12H2. The van der Waals surface area contributed by atoms with Crippen LogP contribution in [0.3, 0.4) is 0 Å². The van der Waals surface area contributed by atoms with Crippen LogP contribution in [0.4, 0.5) is 0 Å². The van der Waals surface area contributed by atoms with E-state index in [1.165, 1.54) is 11.1 Å². The van der Waals surface area contributed by atoms with Crippen molar-refractivity contribution in [2.45, 2.75) is 31.6 Å². The first-order valence-corrected chi connectivity index (χ1v) is 7.58. The monoisotopic (exact) mass is 275 g/mol. The van der Waals surface area contributed by atoms with Gasteiger partial charge in [0.2, 0.25) is 0 Å². The lowest BCUT2D eigenvalue weighted by molar-refractivity contribution is -0.190. The van der Waals surface area contributed by atoms with E-state index in [0.29, 0.717) is 0 Å². The van der Waals surface area contributed by atoms with Crippen LogP contribution in [0.5, 0.6) is 5.75 Å². The lowest BCUT2D eigenvalue weighted by atomic mass is 10.0. The Hall–Kier alpha value is -1.10. The molecule has 2 saturated heterocycles. The summed E-state index contributed by atoms with van der Waals surface area (Å²) in [4.78, 5) is 2.45. The van der Waals surface area contributed by atoms with Gasteiger partial charge in [-0.3, -0.25) is 4.90 Å². The van der Waals surface area contributed by atoms with Gasteiger partial charge in [0, 0.05) is 19.4 Å². The van der Waals surface area contributed by atoms with Crippen molar-refractivity contribution in [3.63, 3.8) is 0 Å². The molecule has 0 atom stereocenters. The summed E-state index contributed by atoms with van der Waals surface area (Å²) in [7, 11) is 0. The molecule has 4 rings (SSSR count). The third-order valence-electron chi connectivity index (χ3n) is 4.47. The van der Waals surface area contributed by atoms with Crippen LogP contribution >= 0.6 is 0 Å². The summed E-state index contributed by atoms with van der Waals surface area (Å²) in [6.45, 7) is 5.30. The maximum atomic E-state index is 5.84. The molecule has 1 aromatic carbocycles. The minimum Gasteiger partial charge on any atom is -0.493 e. The van der Waals surface area contributed by atoms with E-state index in [-0.39, 0.29) is 5.79 Å². The van der Waals surface area contributed by atoms with Crippen LogP contribution in [0.2, 0.25) is 0 Å². The van der Waals surface area contributed by atoms with E-state index in [0.717, 1.165) is 64.5 Å². The molecule has 1 aromatic rings. The predicted octanol–water partition coefficient (Wildman–Crippen LogP) is 1.96. The summed E-state index contributed by atoms with van der Waals surface area (Å²) in [5.41, 5.74) is 2.71. The zero-order valence-corrected chi connectivity index (χ0v) is 11.8. The summed E-state index contributed by atoms with van der Waals surface area (Å²) >= 11 is 0. The average molecular weight is 275 g/mol. The van der Waals surface area contributed by atoms with Gasteiger partial charge < -0.3 is 14.2 Å². The van der Waals surface area contributed by atoms with Crippen LogP contribution < -0.4 is 4.74 Å². The predicted molar refractivity (Wildman–Crippen MR) is 74.8 cm³/mol. The highest BCUT2D eigenvalue weighted by molar-refractivity contribution is 5.39. The molecule has 0 radical (unpaired) electrons. The van der Waals surface area contributed by atoms with Gasteiger partial charge in [-0.05, 0) is 30.2 Å². The van der Waals surface area contributed by atoms with Crippen molar-refractivity contribution in [1.29, 1.82) is 0 Å². The van der Waals surface area contributed by atoms with Crippen LogP contribution in [0.1, 0.15) is 24.0 Å². The normalized spacial score (nSPS) is 24.8. The maximum Gasteiger partial charge on any atom is 0.181 e. The number of benzene rings is 1. The molecule has 3 aliphatic rings. The minimum absolute atomic E-state index is 0.321. The fourth-order valence-corrected chi connectivity index (χ4v) is 3.53. The highest BCUT2D eigenvalue weighted by atomic mass is 16.7. The summed E-state index contributed by atoms with van der Waals surface area (Å²) in [5, 5.41) is 0. The second-order valence-corrected chi connectivity index (χ2v) is 5.96. The first-order chi connectivity index (χ1) is 9.83. The second kappa shape index (κ2) is 5.02. The summed E-state index contributed by atoms with van der Waals surface area (Å²) in [6, 6.07) is 6.59. The number of hydrogen-bond acceptors (Lipinski definition) is 4. The van der Waals surface area contributed by atoms with Gasteiger partial charge >= 0.3 is 0 Å². The molecule has 0 amide bonds. The molecule has 2 fully saturated rings. The van der Waals surface area contributed by atoms with Gasteiger partial charge in [-0.1, -0.05) is 12.1 Å². The van der Waals surface area contributed by atoms with Crippen LogP contribution in [0, 0.1) is 0 Å². The van der Waals surface area contributed by atoms with Crippen molar-refractivity contribution >= 4 is 0 Å². The number of likely N-dealkylation sites (tertiary alicyclic amines) is 1. The Labute approximate surface area is 119 Å². The molecule has 4 heteroatoms. The molecule has 0 bridgehead atoms. The first kappa shape index (κ1) is 12.6. The van der Waals surface area contributed by atoms with E-state index < -0.39 is 0 Å². The number of ether oxygens (including phenoxy) is 3. The molecule has 108 valence electrons. The Morgan fingerprint density at radius 3 is 2.95 bits per heavy atom. The molecule has 20 heavy (non-hydrogen) atoms. The van der Waals surface area contributed by atoms with Crippen LogP contribution in [0.25, 0.3) is 0 Å². The Morgan fingerprint density at radius 2 is 2.05 bits per heavy atom. The van der Waals surface area contributed by atoms with E-state index in [2.05, 4.69) is 23.1 Å². The fourth-order valence-electron chi connectivity index (χ4n) is 3.53. The molecule has 3 aliphatic heterocycles. The molecule has 0 saturated carbocycles. The van der Waals surface area contributed by atoms with Crippen molar-refractivity contribution in [3.8, 4) is 5.75 Å². The summed E-state index contributed by atoms with van der Waals surface area (Å²) in [6.07, 6.45) is 3.22. The fraction of sp³-hybridized carbons (Fsp3) is 0.625. The van der Waals surface area contributed by atoms with E-state index in [1.54, 1.807) is 0 Å². The minimum atomic E-state index is -0.321. The summed E-state index contributed by atoms with van der Waals surface area (Å²) < 4.78 is 17.2. The van der Waals surface area contributed by atoms with Gasteiger partial charge in [0.05, 0.1) is 26.4 Å². The van der Waals surface area contributed by atoms with Crippen molar-refractivity contribution in [3.05, 3.63) is 29.3 Å². The zero-order chi connectivity index (χ0) is 13.4. The number of piperidine rings is 1. The second-order valence-electron chi connectivity index (χ2n) is 5.96. The number of rotatable bonds is 2. The lowest BCUT2D eigenvalue weighted by Gasteiger charge is -2.38. The molecular formula is C16H21NO3. The van der Waals surface area contributed by atoms with E-state index in [9.17, 15) is 0 Å². The van der Waals surface area contributed by atoms with Gasteiger partial charge in [-0.2, -0.15) is 0 Å². The smallest absolute Gasteiger partial charge is 0.181 e. The van der Waals surface area contributed by atoms with Gasteiger partial charge in [0.1, 0.15) is 5.75 Å². The van der Waals surface area contributed by atoms with Crippen LogP contribution in [-0.2, 0) is 22.4 Å². The lowest BCUT2D eigenvalue weighted by Crippen LogP contribution is -2.48. The molecule has 4 nitrogen and oxygen atoms in total. The Morgan fingerprint density at radius 1 is 1.15 bits per heavy atom. The van der Waals surface area contributed by atoms with Crippen LogP contribution in [-0.4, -0.2) is 43.6 Å². The van der Waals surface area contributed by atoms with E-state index in [4.69, 9.17) is 14.2 Å². The molecule has 1 spiro atoms. The van der Waals surface area contributed by atoms with Gasteiger partial charge in [0.15, 0.2) is 5.79 Å². The summed E-state index contributed by atoms with van der Waals surface area (Å²) in [5.74, 6) is 0.740. The molecular weight excluding hydrogens is 254 g/mol. The third-order valence-corrected chi connectivity index (χ3v) is 4.47. The zero-order valence-electron chi connectivity index (χ0n) is 11.8. The number of hydrogen-bond donors (Lipinski definition) is 0. The van der Waals surface area contributed by atoms with Crippen molar-refractivity contribution < 1.29 is 14.2 Å². The third kappa shape index (κ3) is 2.32. The van der Waals surface area contributed by atoms with Crippen LogP contribution in [0.15, 0.2) is 18.2 Å². The van der Waals surface area contributed by atoms with Gasteiger partial charge in [-0.25, -0.2) is 0 Å². The molecule has 0 unspecified atom stereocenters. The molecule has 3 heterocycles. The Bertz CT molecular complexity index is 496. The molecule has 0 aliphatic carbocycles. The van der Waals surface area contributed by atoms with Crippen molar-refractivity contribution in [2.75, 3.05) is 32.9 Å². The van der Waals surface area contributed by atoms with E-state index in [1.807, 2.05) is 0 Å². The topological polar surface area (TPSA) is 30.9 Å². The molecule has 0 aromatic heterocycles. The first-order valence-electron chi connectivity index (χ1n) is 7.58. The Kier molecular flexibility index (Phi) is 3.17. The average Bonchev–Trinajstić information content (AvgIpc) is 3.08. The van der Waals surface area contributed by atoms with Crippen molar-refractivity contribution in [2.24, 2.45) is 0 Å². The Balaban J connectivity index is 1.46. The number of fused-ring (bicyclic) bond motifs is 1.